The van der Waals surface area contributed by atoms with Crippen molar-refractivity contribution in [3.8, 4) is 5.75 Å². The monoisotopic (exact) mass is 439 g/mol. The minimum Gasteiger partial charge on any atom is -0.494 e. The van der Waals surface area contributed by atoms with Gasteiger partial charge in [-0.15, -0.1) is 0 Å². The van der Waals surface area contributed by atoms with E-state index >= 15 is 0 Å². The number of rotatable bonds is 5. The van der Waals surface area contributed by atoms with Gasteiger partial charge in [-0.1, -0.05) is 42.8 Å². The maximum Gasteiger partial charge on any atom is 0.295 e. The molecule has 1 aliphatic rings. The fraction of sp³-hybridized carbons (Fsp3) is 0.214. The van der Waals surface area contributed by atoms with Gasteiger partial charge in [0.05, 0.1) is 23.6 Å². The van der Waals surface area contributed by atoms with Gasteiger partial charge in [-0.05, 0) is 67.8 Å². The molecule has 0 fully saturated rings. The first kappa shape index (κ1) is 21.0. The first-order valence-corrected chi connectivity index (χ1v) is 11.2. The largest absolute Gasteiger partial charge is 0.494 e. The van der Waals surface area contributed by atoms with Crippen LogP contribution in [0, 0.1) is 6.92 Å². The molecular formula is C28H25NO4. The van der Waals surface area contributed by atoms with E-state index in [9.17, 15) is 9.59 Å². The van der Waals surface area contributed by atoms with E-state index in [1.807, 2.05) is 74.5 Å². The summed E-state index contributed by atoms with van der Waals surface area (Å²) in [5, 5.41) is 0.491. The molecule has 0 radical (unpaired) electrons. The van der Waals surface area contributed by atoms with Gasteiger partial charge >= 0.3 is 0 Å². The van der Waals surface area contributed by atoms with Crippen molar-refractivity contribution in [2.45, 2.75) is 33.2 Å². The predicted octanol–water partition coefficient (Wildman–Crippen LogP) is 5.81. The van der Waals surface area contributed by atoms with Crippen molar-refractivity contribution >= 4 is 22.6 Å². The Morgan fingerprint density at radius 3 is 2.33 bits per heavy atom. The number of nitrogens with zero attached hydrogens (tertiary/aromatic N) is 1. The van der Waals surface area contributed by atoms with Crippen LogP contribution in [0.5, 0.6) is 5.75 Å². The van der Waals surface area contributed by atoms with E-state index in [4.69, 9.17) is 9.15 Å². The second kappa shape index (κ2) is 8.24. The molecule has 33 heavy (non-hydrogen) atoms. The molecule has 3 aromatic carbocycles. The maximum atomic E-state index is 13.7. The van der Waals surface area contributed by atoms with Crippen molar-refractivity contribution in [3.05, 3.63) is 105 Å². The Kier molecular flexibility index (Phi) is 5.25. The number of anilines is 1. The van der Waals surface area contributed by atoms with Crippen LogP contribution in [0.1, 0.15) is 52.7 Å². The standard InChI is InChI=1S/C28H25NO4/c1-4-18-7-9-19(10-8-18)25-24-26(30)22-16-17(3)6-15-23(22)33-27(24)28(31)29(25)20-11-13-21(14-12-20)32-5-2/h6-16,25H,4-5H2,1-3H3. The quantitative estimate of drug-likeness (QED) is 0.394. The summed E-state index contributed by atoms with van der Waals surface area (Å²) >= 11 is 0. The van der Waals surface area contributed by atoms with Gasteiger partial charge in [-0.2, -0.15) is 0 Å². The summed E-state index contributed by atoms with van der Waals surface area (Å²) in [5.74, 6) is 0.512. The highest BCUT2D eigenvalue weighted by Crippen LogP contribution is 2.41. The number of fused-ring (bicyclic) bond motifs is 2. The van der Waals surface area contributed by atoms with Gasteiger partial charge in [0.1, 0.15) is 11.3 Å². The fourth-order valence-corrected chi connectivity index (χ4v) is 4.47. The number of amides is 1. The Morgan fingerprint density at radius 2 is 1.67 bits per heavy atom. The Morgan fingerprint density at radius 1 is 0.939 bits per heavy atom. The molecule has 5 heteroatoms. The molecule has 1 unspecified atom stereocenters. The van der Waals surface area contributed by atoms with E-state index in [1.165, 1.54) is 5.56 Å². The maximum absolute atomic E-state index is 13.7. The number of benzene rings is 3. The highest BCUT2D eigenvalue weighted by Gasteiger charge is 2.43. The Bertz CT molecular complexity index is 1400. The molecule has 0 saturated heterocycles. The van der Waals surface area contributed by atoms with Gasteiger partial charge in [0.2, 0.25) is 5.76 Å². The van der Waals surface area contributed by atoms with E-state index in [1.54, 1.807) is 11.0 Å². The van der Waals surface area contributed by atoms with Crippen molar-refractivity contribution < 1.29 is 13.9 Å². The molecule has 0 spiro atoms. The van der Waals surface area contributed by atoms with E-state index in [-0.39, 0.29) is 17.1 Å². The molecule has 166 valence electrons. The molecule has 1 amide bonds. The Labute approximate surface area is 192 Å². The zero-order valence-corrected chi connectivity index (χ0v) is 18.9. The second-order valence-corrected chi connectivity index (χ2v) is 8.27. The van der Waals surface area contributed by atoms with Crippen LogP contribution in [-0.4, -0.2) is 12.5 Å². The topological polar surface area (TPSA) is 59.8 Å². The van der Waals surface area contributed by atoms with Gasteiger partial charge in [-0.25, -0.2) is 0 Å². The lowest BCUT2D eigenvalue weighted by atomic mass is 9.96. The van der Waals surface area contributed by atoms with E-state index in [0.29, 0.717) is 28.8 Å². The highest BCUT2D eigenvalue weighted by molar-refractivity contribution is 6.10. The van der Waals surface area contributed by atoms with Gasteiger partial charge in [0.25, 0.3) is 5.91 Å². The molecule has 5 nitrogen and oxygen atoms in total. The average Bonchev–Trinajstić information content (AvgIpc) is 3.13. The molecule has 2 heterocycles. The lowest BCUT2D eigenvalue weighted by Crippen LogP contribution is -2.29. The van der Waals surface area contributed by atoms with Crippen LogP contribution in [0.3, 0.4) is 0 Å². The Balaban J connectivity index is 1.73. The molecule has 1 aliphatic heterocycles. The van der Waals surface area contributed by atoms with Crippen LogP contribution in [0.15, 0.2) is 75.9 Å². The molecule has 1 atom stereocenters. The molecule has 0 N–H and O–H groups in total. The SMILES string of the molecule is CCOc1ccc(N2C(=O)c3oc4ccc(C)cc4c(=O)c3C2c2ccc(CC)cc2)cc1. The second-order valence-electron chi connectivity index (χ2n) is 8.27. The lowest BCUT2D eigenvalue weighted by Gasteiger charge is -2.25. The first-order chi connectivity index (χ1) is 16.0. The molecule has 0 saturated carbocycles. The summed E-state index contributed by atoms with van der Waals surface area (Å²) in [6, 6.07) is 20.3. The van der Waals surface area contributed by atoms with Crippen molar-refractivity contribution in [2.75, 3.05) is 11.5 Å². The highest BCUT2D eigenvalue weighted by atomic mass is 16.5. The summed E-state index contributed by atoms with van der Waals surface area (Å²) in [6.07, 6.45) is 0.912. The smallest absolute Gasteiger partial charge is 0.295 e. The van der Waals surface area contributed by atoms with Crippen LogP contribution in [0.2, 0.25) is 0 Å². The number of ether oxygens (including phenoxy) is 1. The predicted molar refractivity (Wildman–Crippen MR) is 129 cm³/mol. The average molecular weight is 440 g/mol. The minimum absolute atomic E-state index is 0.106. The summed E-state index contributed by atoms with van der Waals surface area (Å²) in [5.41, 5.74) is 4.35. The number of hydrogen-bond donors (Lipinski definition) is 0. The summed E-state index contributed by atoms with van der Waals surface area (Å²) in [7, 11) is 0. The third-order valence-corrected chi connectivity index (χ3v) is 6.16. The normalized spacial score (nSPS) is 15.2. The van der Waals surface area contributed by atoms with Crippen LogP contribution in [0.25, 0.3) is 11.0 Å². The van der Waals surface area contributed by atoms with Crippen LogP contribution in [0.4, 0.5) is 5.69 Å². The summed E-state index contributed by atoms with van der Waals surface area (Å²) in [4.78, 5) is 29.0. The minimum atomic E-state index is -0.572. The van der Waals surface area contributed by atoms with E-state index < -0.39 is 6.04 Å². The number of hydrogen-bond acceptors (Lipinski definition) is 4. The number of carbonyl (C=O) groups excluding carboxylic acids is 1. The van der Waals surface area contributed by atoms with E-state index in [0.717, 1.165) is 23.3 Å². The van der Waals surface area contributed by atoms with Crippen molar-refractivity contribution in [3.63, 3.8) is 0 Å². The zero-order chi connectivity index (χ0) is 23.1. The van der Waals surface area contributed by atoms with Gasteiger partial charge < -0.3 is 9.15 Å². The summed E-state index contributed by atoms with van der Waals surface area (Å²) < 4.78 is 11.6. The molecule has 1 aromatic heterocycles. The molecule has 0 aliphatic carbocycles. The molecule has 5 rings (SSSR count). The molecular weight excluding hydrogens is 414 g/mol. The lowest BCUT2D eigenvalue weighted by molar-refractivity contribution is 0.0971. The summed E-state index contributed by atoms with van der Waals surface area (Å²) in [6.45, 7) is 6.52. The zero-order valence-electron chi connectivity index (χ0n) is 18.9. The fourth-order valence-electron chi connectivity index (χ4n) is 4.47. The number of aryl methyl sites for hydroxylation is 2. The van der Waals surface area contributed by atoms with Gasteiger partial charge in [-0.3, -0.25) is 14.5 Å². The van der Waals surface area contributed by atoms with Crippen LogP contribution < -0.4 is 15.1 Å². The third-order valence-electron chi connectivity index (χ3n) is 6.16. The van der Waals surface area contributed by atoms with Crippen molar-refractivity contribution in [2.24, 2.45) is 0 Å². The molecule has 4 aromatic rings. The first-order valence-electron chi connectivity index (χ1n) is 11.2. The van der Waals surface area contributed by atoms with Crippen LogP contribution >= 0.6 is 0 Å². The van der Waals surface area contributed by atoms with Gasteiger partial charge in [0.15, 0.2) is 5.43 Å². The van der Waals surface area contributed by atoms with Crippen molar-refractivity contribution in [1.82, 2.24) is 0 Å². The number of carbonyl (C=O) groups is 1. The molecule has 0 bridgehead atoms. The van der Waals surface area contributed by atoms with Gasteiger partial charge in [0, 0.05) is 5.69 Å². The van der Waals surface area contributed by atoms with E-state index in [2.05, 4.69) is 6.92 Å². The van der Waals surface area contributed by atoms with Crippen molar-refractivity contribution in [1.29, 1.82) is 0 Å². The Hall–Kier alpha value is -3.86. The van der Waals surface area contributed by atoms with Crippen LogP contribution in [-0.2, 0) is 6.42 Å². The third kappa shape index (κ3) is 3.50.